The maximum Gasteiger partial charge on any atom is 0.251 e. The fraction of sp³-hybridized carbons (Fsp3) is 0.333. The Morgan fingerprint density at radius 2 is 1.72 bits per heavy atom. The zero-order chi connectivity index (χ0) is 17.6. The highest BCUT2D eigenvalue weighted by Gasteiger charge is 2.14. The molecule has 25 heavy (non-hydrogen) atoms. The summed E-state index contributed by atoms with van der Waals surface area (Å²) < 4.78 is 0. The molecule has 0 fully saturated rings. The second kappa shape index (κ2) is 7.97. The van der Waals surface area contributed by atoms with E-state index in [2.05, 4.69) is 28.8 Å². The molecule has 0 aromatic heterocycles. The van der Waals surface area contributed by atoms with Crippen molar-refractivity contribution in [3.63, 3.8) is 0 Å². The highest BCUT2D eigenvalue weighted by atomic mass is 16.2. The summed E-state index contributed by atoms with van der Waals surface area (Å²) >= 11 is 0. The summed E-state index contributed by atoms with van der Waals surface area (Å²) in [7, 11) is 0. The van der Waals surface area contributed by atoms with Crippen molar-refractivity contribution in [1.29, 1.82) is 0 Å². The fourth-order valence-corrected chi connectivity index (χ4v) is 3.25. The minimum atomic E-state index is -0.239. The van der Waals surface area contributed by atoms with Crippen LogP contribution in [-0.4, -0.2) is 18.4 Å². The molecule has 0 saturated carbocycles. The highest BCUT2D eigenvalue weighted by molar-refractivity contribution is 5.96. The number of hydrogen-bond acceptors (Lipinski definition) is 2. The zero-order valence-electron chi connectivity index (χ0n) is 14.5. The SMILES string of the molecule is CC(NC(=O)CNC(=O)c1ccccc1)c1ccc2c(c1)CCCC2. The van der Waals surface area contributed by atoms with Crippen molar-refractivity contribution in [2.24, 2.45) is 0 Å². The van der Waals surface area contributed by atoms with E-state index in [1.54, 1.807) is 24.3 Å². The number of rotatable bonds is 5. The highest BCUT2D eigenvalue weighted by Crippen LogP contribution is 2.24. The zero-order valence-corrected chi connectivity index (χ0v) is 14.5. The van der Waals surface area contributed by atoms with Crippen molar-refractivity contribution in [3.05, 3.63) is 70.8 Å². The molecule has 0 bridgehead atoms. The molecule has 1 aliphatic rings. The van der Waals surface area contributed by atoms with Crippen LogP contribution in [0.15, 0.2) is 48.5 Å². The summed E-state index contributed by atoms with van der Waals surface area (Å²) in [5.41, 5.74) is 4.51. The molecule has 0 spiro atoms. The van der Waals surface area contributed by atoms with Gasteiger partial charge in [-0.3, -0.25) is 9.59 Å². The van der Waals surface area contributed by atoms with Crippen LogP contribution < -0.4 is 10.6 Å². The van der Waals surface area contributed by atoms with Gasteiger partial charge in [-0.2, -0.15) is 0 Å². The first-order chi connectivity index (χ1) is 12.1. The Balaban J connectivity index is 1.53. The van der Waals surface area contributed by atoms with Crippen molar-refractivity contribution in [3.8, 4) is 0 Å². The van der Waals surface area contributed by atoms with Crippen LogP contribution in [0.1, 0.15) is 52.9 Å². The van der Waals surface area contributed by atoms with E-state index in [-0.39, 0.29) is 24.4 Å². The molecule has 0 aliphatic heterocycles. The second-order valence-corrected chi connectivity index (χ2v) is 6.57. The standard InChI is InChI=1S/C21H24N2O2/c1-15(18-12-11-16-7-5-6-10-19(16)13-18)23-20(24)14-22-21(25)17-8-3-2-4-9-17/h2-4,8-9,11-13,15H,5-7,10,14H2,1H3,(H,22,25)(H,23,24). The maximum absolute atomic E-state index is 12.1. The van der Waals surface area contributed by atoms with E-state index in [0.29, 0.717) is 5.56 Å². The summed E-state index contributed by atoms with van der Waals surface area (Å²) in [5.74, 6) is -0.424. The first-order valence-electron chi connectivity index (χ1n) is 8.88. The Bertz CT molecular complexity index is 756. The van der Waals surface area contributed by atoms with Crippen LogP contribution >= 0.6 is 0 Å². The molecule has 4 heteroatoms. The Labute approximate surface area is 148 Å². The van der Waals surface area contributed by atoms with Gasteiger partial charge in [0.05, 0.1) is 12.6 Å². The minimum absolute atomic E-state index is 0.0248. The lowest BCUT2D eigenvalue weighted by molar-refractivity contribution is -0.120. The molecular formula is C21H24N2O2. The topological polar surface area (TPSA) is 58.2 Å². The number of nitrogens with one attached hydrogen (secondary N) is 2. The van der Waals surface area contributed by atoms with Crippen LogP contribution in [-0.2, 0) is 17.6 Å². The van der Waals surface area contributed by atoms with E-state index in [4.69, 9.17) is 0 Å². The third-order valence-corrected chi connectivity index (χ3v) is 4.70. The summed E-state index contributed by atoms with van der Waals surface area (Å²) in [6.45, 7) is 1.95. The molecule has 2 N–H and O–H groups in total. The molecule has 130 valence electrons. The van der Waals surface area contributed by atoms with E-state index < -0.39 is 0 Å². The number of aryl methyl sites for hydroxylation is 2. The van der Waals surface area contributed by atoms with Gasteiger partial charge in [-0.15, -0.1) is 0 Å². The molecule has 3 rings (SSSR count). The first-order valence-corrected chi connectivity index (χ1v) is 8.88. The molecule has 0 heterocycles. The predicted molar refractivity (Wildman–Crippen MR) is 98.4 cm³/mol. The van der Waals surface area contributed by atoms with Crippen molar-refractivity contribution < 1.29 is 9.59 Å². The van der Waals surface area contributed by atoms with E-state index >= 15 is 0 Å². The van der Waals surface area contributed by atoms with Crippen LogP contribution in [0.3, 0.4) is 0 Å². The van der Waals surface area contributed by atoms with Gasteiger partial charge in [-0.25, -0.2) is 0 Å². The third kappa shape index (κ3) is 4.47. The predicted octanol–water partition coefficient (Wildman–Crippen LogP) is 3.17. The van der Waals surface area contributed by atoms with E-state index in [1.165, 1.54) is 24.0 Å². The minimum Gasteiger partial charge on any atom is -0.348 e. The third-order valence-electron chi connectivity index (χ3n) is 4.70. The van der Waals surface area contributed by atoms with E-state index in [9.17, 15) is 9.59 Å². The molecule has 1 unspecified atom stereocenters. The van der Waals surface area contributed by atoms with Crippen molar-refractivity contribution in [2.45, 2.75) is 38.6 Å². The lowest BCUT2D eigenvalue weighted by atomic mass is 9.89. The van der Waals surface area contributed by atoms with Gasteiger partial charge >= 0.3 is 0 Å². The van der Waals surface area contributed by atoms with Gasteiger partial charge in [0.1, 0.15) is 0 Å². The molecule has 1 atom stereocenters. The summed E-state index contributed by atoms with van der Waals surface area (Å²) in [6, 6.07) is 15.3. The van der Waals surface area contributed by atoms with Gasteiger partial charge in [0.25, 0.3) is 5.91 Å². The molecule has 2 aromatic carbocycles. The number of benzene rings is 2. The van der Waals surface area contributed by atoms with E-state index in [1.807, 2.05) is 13.0 Å². The molecule has 0 saturated heterocycles. The molecule has 2 aromatic rings. The average Bonchev–Trinajstić information content (AvgIpc) is 2.66. The van der Waals surface area contributed by atoms with Gasteiger partial charge < -0.3 is 10.6 Å². The van der Waals surface area contributed by atoms with Gasteiger partial charge in [0, 0.05) is 5.56 Å². The molecule has 1 aliphatic carbocycles. The van der Waals surface area contributed by atoms with Crippen LogP contribution in [0.25, 0.3) is 0 Å². The van der Waals surface area contributed by atoms with Crippen LogP contribution in [0.4, 0.5) is 0 Å². The van der Waals surface area contributed by atoms with Gasteiger partial charge in [-0.05, 0) is 61.4 Å². The Morgan fingerprint density at radius 1 is 1.00 bits per heavy atom. The number of carbonyl (C=O) groups excluding carboxylic acids is 2. The quantitative estimate of drug-likeness (QED) is 0.881. The Morgan fingerprint density at radius 3 is 2.48 bits per heavy atom. The monoisotopic (exact) mass is 336 g/mol. The van der Waals surface area contributed by atoms with E-state index in [0.717, 1.165) is 18.4 Å². The normalized spacial score (nSPS) is 14.3. The van der Waals surface area contributed by atoms with Crippen molar-refractivity contribution in [2.75, 3.05) is 6.54 Å². The van der Waals surface area contributed by atoms with Crippen molar-refractivity contribution in [1.82, 2.24) is 10.6 Å². The number of fused-ring (bicyclic) bond motifs is 1. The number of hydrogen-bond donors (Lipinski definition) is 2. The van der Waals surface area contributed by atoms with Gasteiger partial charge in [0.15, 0.2) is 0 Å². The first kappa shape index (κ1) is 17.2. The Hall–Kier alpha value is -2.62. The van der Waals surface area contributed by atoms with Crippen LogP contribution in [0.5, 0.6) is 0 Å². The molecular weight excluding hydrogens is 312 g/mol. The molecule has 2 amide bonds. The van der Waals surface area contributed by atoms with Crippen LogP contribution in [0, 0.1) is 0 Å². The van der Waals surface area contributed by atoms with Gasteiger partial charge in [0.2, 0.25) is 5.91 Å². The number of amides is 2. The average molecular weight is 336 g/mol. The lowest BCUT2D eigenvalue weighted by Crippen LogP contribution is -2.38. The number of carbonyl (C=O) groups is 2. The summed E-state index contributed by atoms with van der Waals surface area (Å²) in [5, 5.41) is 5.61. The van der Waals surface area contributed by atoms with Crippen molar-refractivity contribution >= 4 is 11.8 Å². The smallest absolute Gasteiger partial charge is 0.251 e. The largest absolute Gasteiger partial charge is 0.348 e. The molecule has 4 nitrogen and oxygen atoms in total. The van der Waals surface area contributed by atoms with Gasteiger partial charge in [-0.1, -0.05) is 36.4 Å². The maximum atomic E-state index is 12.1. The fourth-order valence-electron chi connectivity index (χ4n) is 3.25. The van der Waals surface area contributed by atoms with Crippen LogP contribution in [0.2, 0.25) is 0 Å². The molecule has 0 radical (unpaired) electrons. The second-order valence-electron chi connectivity index (χ2n) is 6.57. The lowest BCUT2D eigenvalue weighted by Gasteiger charge is -2.20. The Kier molecular flexibility index (Phi) is 5.49. The summed E-state index contributed by atoms with van der Waals surface area (Å²) in [4.78, 5) is 24.1. The summed E-state index contributed by atoms with van der Waals surface area (Å²) in [6.07, 6.45) is 4.78.